The van der Waals surface area contributed by atoms with Crippen molar-refractivity contribution in [1.29, 1.82) is 0 Å². The van der Waals surface area contributed by atoms with Crippen LogP contribution in [0.3, 0.4) is 0 Å². The first-order valence-electron chi connectivity index (χ1n) is 6.23. The normalized spacial score (nSPS) is 12.3. The van der Waals surface area contributed by atoms with Crippen LogP contribution >= 0.6 is 11.3 Å². The minimum Gasteiger partial charge on any atom is -0.376 e. The van der Waals surface area contributed by atoms with Crippen LogP contribution in [-0.2, 0) is 7.05 Å². The van der Waals surface area contributed by atoms with Gasteiger partial charge in [-0.05, 0) is 29.5 Å². The molecule has 20 heavy (non-hydrogen) atoms. The predicted octanol–water partition coefficient (Wildman–Crippen LogP) is 2.51. The third-order valence-corrected chi connectivity index (χ3v) is 3.90. The van der Waals surface area contributed by atoms with E-state index in [2.05, 4.69) is 32.7 Å². The average molecular weight is 286 g/mol. The van der Waals surface area contributed by atoms with Crippen molar-refractivity contribution in [2.75, 3.05) is 5.32 Å². The molecule has 3 aromatic rings. The molecular weight excluding hydrogens is 272 g/mol. The molecule has 0 aliphatic carbocycles. The van der Waals surface area contributed by atoms with Crippen molar-refractivity contribution in [3.63, 3.8) is 0 Å². The van der Waals surface area contributed by atoms with Gasteiger partial charge in [-0.25, -0.2) is 9.67 Å². The minimum atomic E-state index is 0.169. The van der Waals surface area contributed by atoms with Gasteiger partial charge in [-0.1, -0.05) is 12.1 Å². The molecule has 0 radical (unpaired) electrons. The number of aryl methyl sites for hydroxylation is 1. The quantitative estimate of drug-likeness (QED) is 0.798. The zero-order chi connectivity index (χ0) is 13.9. The molecule has 0 aliphatic rings. The second-order valence-electron chi connectivity index (χ2n) is 4.44. The summed E-state index contributed by atoms with van der Waals surface area (Å²) in [6.07, 6.45) is 1.82. The zero-order valence-corrected chi connectivity index (χ0v) is 12.0. The predicted molar refractivity (Wildman–Crippen MR) is 78.4 cm³/mol. The van der Waals surface area contributed by atoms with Gasteiger partial charge in [0.25, 0.3) is 0 Å². The third kappa shape index (κ3) is 2.53. The molecule has 7 heteroatoms. The highest BCUT2D eigenvalue weighted by atomic mass is 32.1. The lowest BCUT2D eigenvalue weighted by Gasteiger charge is -2.13. The number of nitrogens with one attached hydrogen (secondary N) is 1. The van der Waals surface area contributed by atoms with Gasteiger partial charge in [0.2, 0.25) is 0 Å². The second kappa shape index (κ2) is 5.38. The Hall–Kier alpha value is -2.28. The summed E-state index contributed by atoms with van der Waals surface area (Å²) >= 11 is 1.64. The molecule has 0 saturated heterocycles. The summed E-state index contributed by atoms with van der Waals surface area (Å²) in [5.41, 5.74) is 2.00. The Morgan fingerprint density at radius 3 is 2.95 bits per heavy atom. The average Bonchev–Trinajstić information content (AvgIpc) is 3.10. The first-order valence-corrected chi connectivity index (χ1v) is 7.11. The van der Waals surface area contributed by atoms with Crippen LogP contribution in [0.1, 0.15) is 18.0 Å². The Labute approximate surface area is 120 Å². The van der Waals surface area contributed by atoms with E-state index >= 15 is 0 Å². The molecule has 1 atom stereocenters. The van der Waals surface area contributed by atoms with Crippen LogP contribution in [0.15, 0.2) is 35.8 Å². The Kier molecular flexibility index (Phi) is 3.42. The highest BCUT2D eigenvalue weighted by molar-refractivity contribution is 7.09. The van der Waals surface area contributed by atoms with E-state index in [1.807, 2.05) is 42.9 Å². The maximum atomic E-state index is 4.32. The summed E-state index contributed by atoms with van der Waals surface area (Å²) in [6.45, 7) is 2.09. The molecule has 1 unspecified atom stereocenters. The van der Waals surface area contributed by atoms with E-state index in [0.717, 1.165) is 22.1 Å². The molecule has 0 spiro atoms. The number of hydrogen-bond donors (Lipinski definition) is 1. The monoisotopic (exact) mass is 286 g/mol. The lowest BCUT2D eigenvalue weighted by molar-refractivity contribution is 0.714. The number of thiazole rings is 1. The lowest BCUT2D eigenvalue weighted by atomic mass is 10.2. The molecule has 3 rings (SSSR count). The van der Waals surface area contributed by atoms with Crippen molar-refractivity contribution in [3.8, 4) is 11.4 Å². The fraction of sp³-hybridized carbons (Fsp3) is 0.231. The highest BCUT2D eigenvalue weighted by Crippen LogP contribution is 2.24. The number of anilines is 1. The van der Waals surface area contributed by atoms with Gasteiger partial charge in [0.1, 0.15) is 5.01 Å². The molecule has 0 amide bonds. The van der Waals surface area contributed by atoms with Gasteiger partial charge in [-0.2, -0.15) is 0 Å². The molecular formula is C13H14N6S. The Balaban J connectivity index is 1.83. The summed E-state index contributed by atoms with van der Waals surface area (Å²) in [5.74, 6) is 0.746. The van der Waals surface area contributed by atoms with Crippen LogP contribution in [0.25, 0.3) is 11.4 Å². The maximum absolute atomic E-state index is 4.32. The molecule has 102 valence electrons. The molecule has 1 aromatic carbocycles. The van der Waals surface area contributed by atoms with Crippen molar-refractivity contribution in [2.45, 2.75) is 13.0 Å². The molecule has 0 fully saturated rings. The number of benzene rings is 1. The third-order valence-electron chi connectivity index (χ3n) is 2.95. The smallest absolute Gasteiger partial charge is 0.181 e. The van der Waals surface area contributed by atoms with Crippen LogP contribution < -0.4 is 5.32 Å². The van der Waals surface area contributed by atoms with E-state index in [1.54, 1.807) is 16.0 Å². The molecule has 2 heterocycles. The zero-order valence-electron chi connectivity index (χ0n) is 11.2. The Morgan fingerprint density at radius 1 is 1.35 bits per heavy atom. The van der Waals surface area contributed by atoms with Crippen molar-refractivity contribution < 1.29 is 0 Å². The number of rotatable bonds is 4. The SMILES string of the molecule is CC(Nc1cccc(-c2nnnn2C)c1)c1nccs1. The summed E-state index contributed by atoms with van der Waals surface area (Å²) < 4.78 is 1.66. The van der Waals surface area contributed by atoms with Gasteiger partial charge in [0.05, 0.1) is 6.04 Å². The van der Waals surface area contributed by atoms with Crippen molar-refractivity contribution in [1.82, 2.24) is 25.2 Å². The molecule has 2 aromatic heterocycles. The van der Waals surface area contributed by atoms with Gasteiger partial charge in [0, 0.05) is 29.9 Å². The van der Waals surface area contributed by atoms with E-state index in [4.69, 9.17) is 0 Å². The Morgan fingerprint density at radius 2 is 2.25 bits per heavy atom. The number of tetrazole rings is 1. The standard InChI is InChI=1S/C13H14N6S/c1-9(13-14-6-7-20-13)15-11-5-3-4-10(8-11)12-16-17-18-19(12)2/h3-9,15H,1-2H3. The number of nitrogens with zero attached hydrogens (tertiary/aromatic N) is 5. The van der Waals surface area contributed by atoms with Gasteiger partial charge < -0.3 is 5.32 Å². The molecule has 6 nitrogen and oxygen atoms in total. The van der Waals surface area contributed by atoms with Crippen LogP contribution in [0.4, 0.5) is 5.69 Å². The summed E-state index contributed by atoms with van der Waals surface area (Å²) in [6, 6.07) is 8.21. The molecule has 0 saturated carbocycles. The van der Waals surface area contributed by atoms with Crippen molar-refractivity contribution in [2.24, 2.45) is 7.05 Å². The van der Waals surface area contributed by atoms with Crippen LogP contribution in [-0.4, -0.2) is 25.2 Å². The summed E-state index contributed by atoms with van der Waals surface area (Å²) in [7, 11) is 1.83. The van der Waals surface area contributed by atoms with Gasteiger partial charge in [-0.3, -0.25) is 0 Å². The molecule has 0 aliphatic heterocycles. The van der Waals surface area contributed by atoms with Crippen molar-refractivity contribution >= 4 is 17.0 Å². The molecule has 0 bridgehead atoms. The fourth-order valence-electron chi connectivity index (χ4n) is 1.98. The van der Waals surface area contributed by atoms with Crippen molar-refractivity contribution in [3.05, 3.63) is 40.8 Å². The second-order valence-corrected chi connectivity index (χ2v) is 5.37. The van der Waals surface area contributed by atoms with Gasteiger partial charge >= 0.3 is 0 Å². The summed E-state index contributed by atoms with van der Waals surface area (Å²) in [5, 5.41) is 18.0. The Bertz CT molecular complexity index is 690. The van der Waals surface area contributed by atoms with E-state index in [1.165, 1.54) is 0 Å². The van der Waals surface area contributed by atoms with E-state index in [-0.39, 0.29) is 6.04 Å². The van der Waals surface area contributed by atoms with Crippen LogP contribution in [0.5, 0.6) is 0 Å². The van der Waals surface area contributed by atoms with E-state index in [9.17, 15) is 0 Å². The van der Waals surface area contributed by atoms with E-state index in [0.29, 0.717) is 0 Å². The first kappa shape index (κ1) is 12.7. The highest BCUT2D eigenvalue weighted by Gasteiger charge is 2.10. The largest absolute Gasteiger partial charge is 0.376 e. The number of hydrogen-bond acceptors (Lipinski definition) is 6. The lowest BCUT2D eigenvalue weighted by Crippen LogP contribution is -2.06. The number of aromatic nitrogens is 5. The summed E-state index contributed by atoms with van der Waals surface area (Å²) in [4.78, 5) is 4.32. The first-order chi connectivity index (χ1) is 9.74. The molecule has 1 N–H and O–H groups in total. The van der Waals surface area contributed by atoms with Gasteiger partial charge in [0.15, 0.2) is 5.82 Å². The maximum Gasteiger partial charge on any atom is 0.181 e. The van der Waals surface area contributed by atoms with Crippen LogP contribution in [0, 0.1) is 0 Å². The fourth-order valence-corrected chi connectivity index (χ4v) is 2.63. The van der Waals surface area contributed by atoms with Crippen LogP contribution in [0.2, 0.25) is 0 Å². The van der Waals surface area contributed by atoms with Gasteiger partial charge in [-0.15, -0.1) is 16.4 Å². The minimum absolute atomic E-state index is 0.169. The topological polar surface area (TPSA) is 68.5 Å². The van der Waals surface area contributed by atoms with E-state index < -0.39 is 0 Å².